The van der Waals surface area contributed by atoms with Gasteiger partial charge in [-0.3, -0.25) is 9.52 Å². The molecule has 4 rings (SSSR count). The van der Waals surface area contributed by atoms with Crippen molar-refractivity contribution in [2.45, 2.75) is 11.8 Å². The number of morpholine rings is 1. The minimum Gasteiger partial charge on any atom is -0.378 e. The topological polar surface area (TPSA) is 75.7 Å². The molecule has 33 heavy (non-hydrogen) atoms. The summed E-state index contributed by atoms with van der Waals surface area (Å²) in [7, 11) is -3.68. The van der Waals surface area contributed by atoms with Crippen LogP contribution in [0.15, 0.2) is 83.8 Å². The number of benzene rings is 3. The molecule has 3 aromatic carbocycles. The van der Waals surface area contributed by atoms with E-state index in [1.165, 1.54) is 6.08 Å². The van der Waals surface area contributed by atoms with E-state index in [1.54, 1.807) is 54.6 Å². The molecule has 1 aliphatic heterocycles. The number of anilines is 2. The molecular weight excluding hydrogens is 436 g/mol. The lowest BCUT2D eigenvalue weighted by Crippen LogP contribution is -2.36. The largest absolute Gasteiger partial charge is 0.378 e. The van der Waals surface area contributed by atoms with Gasteiger partial charge in [0.1, 0.15) is 0 Å². The van der Waals surface area contributed by atoms with Crippen LogP contribution in [0.3, 0.4) is 0 Å². The zero-order valence-electron chi connectivity index (χ0n) is 18.4. The molecule has 1 fully saturated rings. The van der Waals surface area contributed by atoms with Crippen LogP contribution in [-0.4, -0.2) is 40.5 Å². The summed E-state index contributed by atoms with van der Waals surface area (Å²) in [4.78, 5) is 15.0. The van der Waals surface area contributed by atoms with E-state index in [2.05, 4.69) is 9.62 Å². The number of nitrogens with one attached hydrogen (secondary N) is 1. The second kappa shape index (κ2) is 10.0. The number of hydrogen-bond donors (Lipinski definition) is 1. The maximum Gasteiger partial charge on any atom is 0.261 e. The van der Waals surface area contributed by atoms with Gasteiger partial charge in [0.2, 0.25) is 0 Å². The Kier molecular flexibility index (Phi) is 6.91. The van der Waals surface area contributed by atoms with E-state index in [0.29, 0.717) is 11.3 Å². The molecule has 0 unspecified atom stereocenters. The van der Waals surface area contributed by atoms with Crippen LogP contribution < -0.4 is 9.62 Å². The zero-order chi connectivity index (χ0) is 23.3. The summed E-state index contributed by atoms with van der Waals surface area (Å²) in [5.74, 6) is -0.153. The fraction of sp³-hybridized carbons (Fsp3) is 0.192. The van der Waals surface area contributed by atoms with E-state index in [1.807, 2.05) is 31.2 Å². The van der Waals surface area contributed by atoms with Gasteiger partial charge < -0.3 is 9.64 Å². The SMILES string of the molecule is Cc1ccc(S(=O)(=O)Nc2ccc(C(=O)/C=C/c3ccc(N4CCOCC4)cc3)cc2)cc1. The van der Waals surface area contributed by atoms with Gasteiger partial charge in [0.15, 0.2) is 5.78 Å². The average molecular weight is 463 g/mol. The van der Waals surface area contributed by atoms with Crippen LogP contribution in [0, 0.1) is 6.92 Å². The third-order valence-corrected chi connectivity index (χ3v) is 6.85. The highest BCUT2D eigenvalue weighted by Gasteiger charge is 2.14. The molecule has 0 saturated carbocycles. The molecule has 1 saturated heterocycles. The number of sulfonamides is 1. The molecule has 1 heterocycles. The molecule has 170 valence electrons. The highest BCUT2D eigenvalue weighted by molar-refractivity contribution is 7.92. The van der Waals surface area contributed by atoms with E-state index < -0.39 is 10.0 Å². The van der Waals surface area contributed by atoms with Crippen molar-refractivity contribution in [3.8, 4) is 0 Å². The minimum atomic E-state index is -3.68. The number of ketones is 1. The van der Waals surface area contributed by atoms with Gasteiger partial charge in [-0.2, -0.15) is 0 Å². The Morgan fingerprint density at radius 2 is 1.55 bits per heavy atom. The number of carbonyl (C=O) groups excluding carboxylic acids is 1. The van der Waals surface area contributed by atoms with Crippen molar-refractivity contribution >= 4 is 33.3 Å². The maximum absolute atomic E-state index is 12.5. The van der Waals surface area contributed by atoms with Gasteiger partial charge in [0, 0.05) is 30.0 Å². The van der Waals surface area contributed by atoms with Crippen molar-refractivity contribution in [2.24, 2.45) is 0 Å². The average Bonchev–Trinajstić information content (AvgIpc) is 2.84. The molecule has 0 radical (unpaired) electrons. The van der Waals surface area contributed by atoms with Crippen molar-refractivity contribution in [3.63, 3.8) is 0 Å². The van der Waals surface area contributed by atoms with Gasteiger partial charge in [-0.15, -0.1) is 0 Å². The molecule has 0 aliphatic carbocycles. The standard InChI is InChI=1S/C26H26N2O4S/c1-20-2-13-25(14-3-20)33(30,31)27-23-9-7-22(8-10-23)26(29)15-6-21-4-11-24(12-5-21)28-16-18-32-19-17-28/h2-15,27H,16-19H2,1H3/b15-6+. The third kappa shape index (κ3) is 5.88. The summed E-state index contributed by atoms with van der Waals surface area (Å²) in [6, 6.07) is 21.1. The zero-order valence-corrected chi connectivity index (χ0v) is 19.2. The van der Waals surface area contributed by atoms with Crippen LogP contribution >= 0.6 is 0 Å². The second-order valence-electron chi connectivity index (χ2n) is 7.88. The van der Waals surface area contributed by atoms with Crippen LogP contribution in [0.25, 0.3) is 6.08 Å². The quantitative estimate of drug-likeness (QED) is 0.412. The van der Waals surface area contributed by atoms with Crippen LogP contribution in [0.4, 0.5) is 11.4 Å². The van der Waals surface area contributed by atoms with Crippen molar-refractivity contribution in [3.05, 3.63) is 95.6 Å². The summed E-state index contributed by atoms with van der Waals surface area (Å²) >= 11 is 0. The number of rotatable bonds is 7. The molecule has 3 aromatic rings. The van der Waals surface area contributed by atoms with Crippen molar-refractivity contribution in [1.82, 2.24) is 0 Å². The fourth-order valence-electron chi connectivity index (χ4n) is 3.52. The summed E-state index contributed by atoms with van der Waals surface area (Å²) < 4.78 is 33.0. The number of nitrogens with zero attached hydrogens (tertiary/aromatic N) is 1. The van der Waals surface area contributed by atoms with Gasteiger partial charge in [0.05, 0.1) is 18.1 Å². The Hall–Kier alpha value is -3.42. The molecular formula is C26H26N2O4S. The highest BCUT2D eigenvalue weighted by Crippen LogP contribution is 2.19. The predicted molar refractivity (Wildman–Crippen MR) is 131 cm³/mol. The Morgan fingerprint density at radius 3 is 2.18 bits per heavy atom. The van der Waals surface area contributed by atoms with Gasteiger partial charge in [-0.05, 0) is 67.1 Å². The van der Waals surface area contributed by atoms with E-state index in [4.69, 9.17) is 4.74 Å². The van der Waals surface area contributed by atoms with Crippen molar-refractivity contribution < 1.29 is 17.9 Å². The number of carbonyl (C=O) groups is 1. The van der Waals surface area contributed by atoms with Crippen molar-refractivity contribution in [2.75, 3.05) is 35.9 Å². The molecule has 1 aliphatic rings. The predicted octanol–water partition coefficient (Wildman–Crippen LogP) is 4.53. The number of hydrogen-bond acceptors (Lipinski definition) is 5. The van der Waals surface area contributed by atoms with Gasteiger partial charge in [-0.1, -0.05) is 35.9 Å². The smallest absolute Gasteiger partial charge is 0.261 e. The monoisotopic (exact) mass is 462 g/mol. The lowest BCUT2D eigenvalue weighted by molar-refractivity contribution is 0.104. The maximum atomic E-state index is 12.5. The number of ether oxygens (including phenoxy) is 1. The molecule has 1 N–H and O–H groups in total. The molecule has 7 heteroatoms. The van der Waals surface area contributed by atoms with E-state index >= 15 is 0 Å². The van der Waals surface area contributed by atoms with Crippen LogP contribution in [-0.2, 0) is 14.8 Å². The molecule has 0 aromatic heterocycles. The number of aryl methyl sites for hydroxylation is 1. The molecule has 0 spiro atoms. The Labute approximate surface area is 194 Å². The van der Waals surface area contributed by atoms with Gasteiger partial charge >= 0.3 is 0 Å². The lowest BCUT2D eigenvalue weighted by atomic mass is 10.1. The molecule has 0 atom stereocenters. The molecule has 6 nitrogen and oxygen atoms in total. The Balaban J connectivity index is 1.38. The highest BCUT2D eigenvalue weighted by atomic mass is 32.2. The first-order valence-electron chi connectivity index (χ1n) is 10.8. The Morgan fingerprint density at radius 1 is 0.909 bits per heavy atom. The summed E-state index contributed by atoms with van der Waals surface area (Å²) in [5.41, 5.74) is 3.94. The first-order valence-corrected chi connectivity index (χ1v) is 12.2. The minimum absolute atomic E-state index is 0.153. The van der Waals surface area contributed by atoms with Crippen LogP contribution in [0.1, 0.15) is 21.5 Å². The van der Waals surface area contributed by atoms with Crippen LogP contribution in [0.5, 0.6) is 0 Å². The van der Waals surface area contributed by atoms with Gasteiger partial charge in [-0.25, -0.2) is 8.42 Å². The molecule has 0 bridgehead atoms. The molecule has 0 amide bonds. The normalized spacial score (nSPS) is 14.4. The van der Waals surface area contributed by atoms with Crippen LogP contribution in [0.2, 0.25) is 0 Å². The van der Waals surface area contributed by atoms with E-state index in [0.717, 1.165) is 43.1 Å². The summed E-state index contributed by atoms with van der Waals surface area (Å²) in [6.07, 6.45) is 3.30. The van der Waals surface area contributed by atoms with E-state index in [9.17, 15) is 13.2 Å². The second-order valence-corrected chi connectivity index (χ2v) is 9.57. The first-order chi connectivity index (χ1) is 15.9. The lowest BCUT2D eigenvalue weighted by Gasteiger charge is -2.28. The van der Waals surface area contributed by atoms with Crippen molar-refractivity contribution in [1.29, 1.82) is 0 Å². The summed E-state index contributed by atoms with van der Waals surface area (Å²) in [5, 5.41) is 0. The Bertz CT molecular complexity index is 1230. The van der Waals surface area contributed by atoms with E-state index in [-0.39, 0.29) is 10.7 Å². The third-order valence-electron chi connectivity index (χ3n) is 5.45. The summed E-state index contributed by atoms with van der Waals surface area (Å²) in [6.45, 7) is 5.13. The number of allylic oxidation sites excluding steroid dienone is 1. The van der Waals surface area contributed by atoms with Gasteiger partial charge in [0.25, 0.3) is 10.0 Å². The first kappa shape index (κ1) is 22.8. The fourth-order valence-corrected chi connectivity index (χ4v) is 4.58.